The number of amides is 1. The van der Waals surface area contributed by atoms with Crippen LogP contribution < -0.4 is 4.31 Å². The lowest BCUT2D eigenvalue weighted by atomic mass is 10.1. The lowest BCUT2D eigenvalue weighted by Gasteiger charge is -2.23. The number of hydrogen-bond donors (Lipinski definition) is 0. The number of carbonyl (C=O) groups is 1. The highest BCUT2D eigenvalue weighted by Crippen LogP contribution is 2.28. The molecule has 0 saturated heterocycles. The molecule has 0 heterocycles. The maximum absolute atomic E-state index is 13.4. The van der Waals surface area contributed by atoms with Crippen LogP contribution in [0.15, 0.2) is 77.7 Å². The summed E-state index contributed by atoms with van der Waals surface area (Å²) in [6, 6.07) is 19.7. The molecule has 0 radical (unpaired) electrons. The molecule has 0 saturated carbocycles. The number of rotatable bonds is 5. The van der Waals surface area contributed by atoms with Crippen molar-refractivity contribution in [3.05, 3.63) is 94.5 Å². The molecule has 6 heteroatoms. The Balaban J connectivity index is 2.17. The molecule has 0 N–H and O–H groups in total. The van der Waals surface area contributed by atoms with Crippen molar-refractivity contribution in [3.63, 3.8) is 0 Å². The number of hydrogen-bond acceptors (Lipinski definition) is 3. The molecule has 4 nitrogen and oxygen atoms in total. The van der Waals surface area contributed by atoms with Gasteiger partial charge in [-0.3, -0.25) is 4.79 Å². The van der Waals surface area contributed by atoms with E-state index in [9.17, 15) is 13.2 Å². The van der Waals surface area contributed by atoms with E-state index in [0.29, 0.717) is 0 Å². The first-order chi connectivity index (χ1) is 13.3. The fourth-order valence-corrected chi connectivity index (χ4v) is 4.42. The molecule has 0 unspecified atom stereocenters. The molecule has 0 atom stereocenters. The van der Waals surface area contributed by atoms with Crippen LogP contribution in [-0.2, 0) is 16.4 Å². The molecule has 144 valence electrons. The van der Waals surface area contributed by atoms with Crippen LogP contribution in [0.2, 0.25) is 5.02 Å². The molecule has 3 rings (SSSR count). The van der Waals surface area contributed by atoms with E-state index in [2.05, 4.69) is 0 Å². The van der Waals surface area contributed by atoms with E-state index >= 15 is 0 Å². The zero-order chi connectivity index (χ0) is 20.3. The van der Waals surface area contributed by atoms with Gasteiger partial charge in [0.1, 0.15) is 0 Å². The first-order valence-electron chi connectivity index (χ1n) is 8.84. The second-order valence-electron chi connectivity index (χ2n) is 6.39. The number of halogens is 1. The third-order valence-electron chi connectivity index (χ3n) is 4.43. The van der Waals surface area contributed by atoms with Gasteiger partial charge < -0.3 is 0 Å². The van der Waals surface area contributed by atoms with Crippen molar-refractivity contribution in [3.8, 4) is 0 Å². The SMILES string of the molecule is CCc1ccc(N(C(=O)c2ccccc2Cl)S(=O)(=O)c2ccc(C)cc2)cc1. The molecule has 3 aromatic carbocycles. The third kappa shape index (κ3) is 3.96. The quantitative estimate of drug-likeness (QED) is 0.574. The Morgan fingerprint density at radius 2 is 1.54 bits per heavy atom. The minimum absolute atomic E-state index is 0.0399. The van der Waals surface area contributed by atoms with Crippen LogP contribution in [-0.4, -0.2) is 14.3 Å². The standard InChI is InChI=1S/C22H20ClNO3S/c1-3-17-10-12-18(13-11-17)24(22(25)20-6-4-5-7-21(20)23)28(26,27)19-14-8-16(2)9-15-19/h4-15H,3H2,1-2H3. The van der Waals surface area contributed by atoms with E-state index in [1.165, 1.54) is 18.2 Å². The lowest BCUT2D eigenvalue weighted by molar-refractivity contribution is 0.101. The summed E-state index contributed by atoms with van der Waals surface area (Å²) in [4.78, 5) is 13.3. The number of anilines is 1. The lowest BCUT2D eigenvalue weighted by Crippen LogP contribution is -2.37. The average molecular weight is 414 g/mol. The van der Waals surface area contributed by atoms with Crippen LogP contribution in [0.3, 0.4) is 0 Å². The van der Waals surface area contributed by atoms with Crippen molar-refractivity contribution in [2.75, 3.05) is 4.31 Å². The number of sulfonamides is 1. The normalized spacial score (nSPS) is 11.2. The van der Waals surface area contributed by atoms with Crippen LogP contribution in [0.4, 0.5) is 5.69 Å². The molecule has 0 fully saturated rings. The predicted molar refractivity (Wildman–Crippen MR) is 112 cm³/mol. The second-order valence-corrected chi connectivity index (χ2v) is 8.58. The summed E-state index contributed by atoms with van der Waals surface area (Å²) in [5.74, 6) is -0.699. The number of carbonyl (C=O) groups excluding carboxylic acids is 1. The minimum Gasteiger partial charge on any atom is -0.268 e. The maximum Gasteiger partial charge on any atom is 0.273 e. The van der Waals surface area contributed by atoms with Gasteiger partial charge in [-0.25, -0.2) is 8.42 Å². The van der Waals surface area contributed by atoms with Gasteiger partial charge >= 0.3 is 0 Å². The Hall–Kier alpha value is -2.63. The average Bonchev–Trinajstić information content (AvgIpc) is 2.69. The zero-order valence-corrected chi connectivity index (χ0v) is 17.2. The van der Waals surface area contributed by atoms with Crippen molar-refractivity contribution < 1.29 is 13.2 Å². The van der Waals surface area contributed by atoms with Crippen LogP contribution in [0.1, 0.15) is 28.4 Å². The van der Waals surface area contributed by atoms with E-state index in [4.69, 9.17) is 11.6 Å². The molecule has 0 bridgehead atoms. The van der Waals surface area contributed by atoms with Crippen LogP contribution in [0, 0.1) is 6.92 Å². The van der Waals surface area contributed by atoms with Crippen LogP contribution >= 0.6 is 11.6 Å². The van der Waals surface area contributed by atoms with E-state index in [0.717, 1.165) is 21.9 Å². The van der Waals surface area contributed by atoms with Crippen molar-refractivity contribution >= 4 is 33.2 Å². The van der Waals surface area contributed by atoms with E-state index in [1.807, 2.05) is 26.0 Å². The first kappa shape index (κ1) is 20.1. The van der Waals surface area contributed by atoms with Gasteiger partial charge in [0, 0.05) is 0 Å². The summed E-state index contributed by atoms with van der Waals surface area (Å²) >= 11 is 6.17. The summed E-state index contributed by atoms with van der Waals surface area (Å²) in [6.45, 7) is 3.87. The van der Waals surface area contributed by atoms with Crippen molar-refractivity contribution in [1.82, 2.24) is 0 Å². The Morgan fingerprint density at radius 3 is 2.11 bits per heavy atom. The zero-order valence-electron chi connectivity index (χ0n) is 15.6. The molecule has 1 amide bonds. The number of aryl methyl sites for hydroxylation is 2. The fraction of sp³-hybridized carbons (Fsp3) is 0.136. The van der Waals surface area contributed by atoms with Crippen LogP contribution in [0.5, 0.6) is 0 Å². The van der Waals surface area contributed by atoms with Gasteiger partial charge in [0.05, 0.1) is 21.2 Å². The Labute approximate surface area is 170 Å². The van der Waals surface area contributed by atoms with Gasteiger partial charge in [-0.15, -0.1) is 0 Å². The highest BCUT2D eigenvalue weighted by Gasteiger charge is 2.32. The van der Waals surface area contributed by atoms with Gasteiger partial charge in [0.25, 0.3) is 15.9 Å². The number of nitrogens with zero attached hydrogens (tertiary/aromatic N) is 1. The van der Waals surface area contributed by atoms with E-state index in [1.54, 1.807) is 42.5 Å². The van der Waals surface area contributed by atoms with Crippen LogP contribution in [0.25, 0.3) is 0 Å². The Morgan fingerprint density at radius 1 is 0.929 bits per heavy atom. The molecule has 28 heavy (non-hydrogen) atoms. The molecule has 0 spiro atoms. The monoisotopic (exact) mass is 413 g/mol. The topological polar surface area (TPSA) is 54.5 Å². The summed E-state index contributed by atoms with van der Waals surface area (Å²) in [5, 5.41) is 0.196. The van der Waals surface area contributed by atoms with Gasteiger partial charge in [0.2, 0.25) is 0 Å². The molecule has 3 aromatic rings. The molecule has 0 aliphatic heterocycles. The van der Waals surface area contributed by atoms with Gasteiger partial charge in [-0.05, 0) is 55.3 Å². The summed E-state index contributed by atoms with van der Waals surface area (Å²) < 4.78 is 27.6. The molecule has 0 aliphatic carbocycles. The number of benzene rings is 3. The highest BCUT2D eigenvalue weighted by atomic mass is 35.5. The Bertz CT molecular complexity index is 1090. The van der Waals surface area contributed by atoms with E-state index in [-0.39, 0.29) is 21.2 Å². The smallest absolute Gasteiger partial charge is 0.268 e. The van der Waals surface area contributed by atoms with E-state index < -0.39 is 15.9 Å². The maximum atomic E-state index is 13.4. The summed E-state index contributed by atoms with van der Waals surface area (Å²) in [7, 11) is -4.13. The second kappa shape index (κ2) is 8.17. The third-order valence-corrected chi connectivity index (χ3v) is 6.48. The molecule has 0 aliphatic rings. The van der Waals surface area contributed by atoms with Crippen molar-refractivity contribution in [2.45, 2.75) is 25.2 Å². The molecular formula is C22H20ClNO3S. The minimum atomic E-state index is -4.13. The highest BCUT2D eigenvalue weighted by molar-refractivity contribution is 7.93. The Kier molecular flexibility index (Phi) is 5.87. The fourth-order valence-electron chi connectivity index (χ4n) is 2.79. The molecular weight excluding hydrogens is 394 g/mol. The largest absolute Gasteiger partial charge is 0.273 e. The van der Waals surface area contributed by atoms with Gasteiger partial charge in [0.15, 0.2) is 0 Å². The summed E-state index contributed by atoms with van der Waals surface area (Å²) in [6.07, 6.45) is 0.809. The van der Waals surface area contributed by atoms with Crippen molar-refractivity contribution in [2.24, 2.45) is 0 Å². The summed E-state index contributed by atoms with van der Waals surface area (Å²) in [5.41, 5.74) is 2.36. The van der Waals surface area contributed by atoms with Gasteiger partial charge in [-0.2, -0.15) is 4.31 Å². The van der Waals surface area contributed by atoms with Crippen molar-refractivity contribution in [1.29, 1.82) is 0 Å². The van der Waals surface area contributed by atoms with Gasteiger partial charge in [-0.1, -0.05) is 60.5 Å². The first-order valence-corrected chi connectivity index (χ1v) is 10.7. The predicted octanol–water partition coefficient (Wildman–Crippen LogP) is 5.25. The molecule has 0 aromatic heterocycles.